The van der Waals surface area contributed by atoms with Gasteiger partial charge in [0.05, 0.1) is 5.69 Å². The highest BCUT2D eigenvalue weighted by atomic mass is 19.1. The van der Waals surface area contributed by atoms with Crippen LogP contribution in [0.1, 0.15) is 23.3 Å². The van der Waals surface area contributed by atoms with Gasteiger partial charge in [-0.25, -0.2) is 4.39 Å². The Labute approximate surface area is 133 Å². The lowest BCUT2D eigenvalue weighted by molar-refractivity contribution is 0.0618. The molecule has 120 valence electrons. The first kappa shape index (κ1) is 14.4. The van der Waals surface area contributed by atoms with E-state index in [-0.39, 0.29) is 17.6 Å². The number of pyridine rings is 1. The fourth-order valence-corrected chi connectivity index (χ4v) is 3.62. The maximum absolute atomic E-state index is 13.8. The minimum absolute atomic E-state index is 0.133. The van der Waals surface area contributed by atoms with E-state index in [4.69, 9.17) is 0 Å². The molecule has 3 fully saturated rings. The Balaban J connectivity index is 1.48. The highest BCUT2D eigenvalue weighted by molar-refractivity contribution is 5.93. The van der Waals surface area contributed by atoms with Gasteiger partial charge in [-0.05, 0) is 56.1 Å². The molecular weight excluding hydrogens is 295 g/mol. The summed E-state index contributed by atoms with van der Waals surface area (Å²) in [5.41, 5.74) is 1.19. The zero-order valence-corrected chi connectivity index (χ0v) is 12.8. The molecule has 6 heteroatoms. The zero-order chi connectivity index (χ0) is 15.8. The van der Waals surface area contributed by atoms with Gasteiger partial charge in [0, 0.05) is 18.8 Å². The number of piperidine rings is 3. The molecule has 2 N–H and O–H groups in total. The van der Waals surface area contributed by atoms with Gasteiger partial charge in [-0.1, -0.05) is 0 Å². The van der Waals surface area contributed by atoms with E-state index in [1.54, 1.807) is 18.2 Å². The summed E-state index contributed by atoms with van der Waals surface area (Å²) in [5, 5.41) is 3.12. The average molecular weight is 314 g/mol. The van der Waals surface area contributed by atoms with Crippen LogP contribution in [0.4, 0.5) is 4.39 Å². The molecule has 3 aliphatic rings. The van der Waals surface area contributed by atoms with Gasteiger partial charge in [0.2, 0.25) is 0 Å². The monoisotopic (exact) mass is 314 g/mol. The molecular formula is C17H19FN4O. The maximum Gasteiger partial charge on any atom is 0.267 e. The van der Waals surface area contributed by atoms with Crippen molar-refractivity contribution in [2.45, 2.75) is 18.9 Å². The lowest BCUT2D eigenvalue weighted by Crippen LogP contribution is -2.57. The van der Waals surface area contributed by atoms with Gasteiger partial charge in [0.15, 0.2) is 5.82 Å². The number of aromatic amines is 1. The first-order valence-electron chi connectivity index (χ1n) is 8.04. The van der Waals surface area contributed by atoms with Gasteiger partial charge in [0.1, 0.15) is 11.4 Å². The molecule has 5 rings (SSSR count). The Morgan fingerprint density at radius 3 is 2.83 bits per heavy atom. The second-order valence-corrected chi connectivity index (χ2v) is 6.34. The second kappa shape index (κ2) is 5.77. The number of hydrogen-bond acceptors (Lipinski definition) is 3. The summed E-state index contributed by atoms with van der Waals surface area (Å²) in [5.74, 6) is 0.0386. The van der Waals surface area contributed by atoms with Crippen molar-refractivity contribution in [3.05, 3.63) is 42.0 Å². The van der Waals surface area contributed by atoms with Crippen molar-refractivity contribution in [2.24, 2.45) is 5.92 Å². The second-order valence-electron chi connectivity index (χ2n) is 6.34. The summed E-state index contributed by atoms with van der Waals surface area (Å²) in [7, 11) is 0. The highest BCUT2D eigenvalue weighted by Gasteiger charge is 2.35. The van der Waals surface area contributed by atoms with Crippen molar-refractivity contribution >= 4 is 5.91 Å². The molecule has 1 atom stereocenters. The number of hydrogen-bond donors (Lipinski definition) is 2. The van der Waals surface area contributed by atoms with Crippen molar-refractivity contribution in [2.75, 3.05) is 19.6 Å². The van der Waals surface area contributed by atoms with E-state index in [1.165, 1.54) is 12.3 Å². The number of nitrogens with zero attached hydrogens (tertiary/aromatic N) is 2. The Morgan fingerprint density at radius 2 is 2.13 bits per heavy atom. The quantitative estimate of drug-likeness (QED) is 0.911. The molecule has 2 aromatic heterocycles. The molecule has 23 heavy (non-hydrogen) atoms. The molecule has 3 saturated heterocycles. The van der Waals surface area contributed by atoms with Crippen LogP contribution in [-0.4, -0.2) is 46.5 Å². The predicted octanol–water partition coefficient (Wildman–Crippen LogP) is 2.04. The van der Waals surface area contributed by atoms with E-state index >= 15 is 0 Å². The smallest absolute Gasteiger partial charge is 0.267 e. The molecule has 0 spiro atoms. The van der Waals surface area contributed by atoms with Crippen LogP contribution >= 0.6 is 0 Å². The van der Waals surface area contributed by atoms with Crippen LogP contribution in [0.25, 0.3) is 11.4 Å². The number of fused-ring (bicyclic) bond motifs is 3. The summed E-state index contributed by atoms with van der Waals surface area (Å²) in [6, 6.07) is 6.49. The number of amides is 1. The largest absolute Gasteiger partial charge is 0.349 e. The van der Waals surface area contributed by atoms with E-state index in [2.05, 4.69) is 20.2 Å². The van der Waals surface area contributed by atoms with Crippen LogP contribution < -0.4 is 5.32 Å². The third kappa shape index (κ3) is 2.74. The van der Waals surface area contributed by atoms with Crippen molar-refractivity contribution in [3.63, 3.8) is 0 Å². The Morgan fingerprint density at radius 1 is 1.30 bits per heavy atom. The van der Waals surface area contributed by atoms with Crippen LogP contribution in [0.2, 0.25) is 0 Å². The SMILES string of the molecule is O=C(N[C@H]1CN2CCC1CC2)c1ccc(-c2ncccc2F)[nH]1. The molecule has 0 unspecified atom stereocenters. The summed E-state index contributed by atoms with van der Waals surface area (Å²) in [6.07, 6.45) is 3.84. The number of halogens is 1. The number of nitrogens with one attached hydrogen (secondary N) is 2. The molecule has 0 saturated carbocycles. The van der Waals surface area contributed by atoms with Gasteiger partial charge in [-0.15, -0.1) is 0 Å². The standard InChI is InChI=1S/C17H19FN4O/c18-12-2-1-7-19-16(12)13-3-4-14(20-13)17(23)21-15-10-22-8-5-11(15)6-9-22/h1-4,7,11,15,20H,5-6,8-10H2,(H,21,23)/t15-/m0/s1. The molecule has 3 aliphatic heterocycles. The summed E-state index contributed by atoms with van der Waals surface area (Å²) in [4.78, 5) is 21.8. The van der Waals surface area contributed by atoms with Gasteiger partial charge < -0.3 is 15.2 Å². The van der Waals surface area contributed by atoms with E-state index < -0.39 is 5.82 Å². The first-order valence-corrected chi connectivity index (χ1v) is 8.04. The van der Waals surface area contributed by atoms with Crippen LogP contribution in [0.3, 0.4) is 0 Å². The molecule has 0 aromatic carbocycles. The van der Waals surface area contributed by atoms with E-state index in [0.717, 1.165) is 32.5 Å². The normalized spacial score (nSPS) is 26.2. The summed E-state index contributed by atoms with van der Waals surface area (Å²) >= 11 is 0. The lowest BCUT2D eigenvalue weighted by atomic mass is 9.84. The first-order chi connectivity index (χ1) is 11.2. The summed E-state index contributed by atoms with van der Waals surface area (Å²) < 4.78 is 13.8. The van der Waals surface area contributed by atoms with Crippen molar-refractivity contribution in [1.29, 1.82) is 0 Å². The minimum atomic E-state index is -0.404. The Hall–Kier alpha value is -2.21. The lowest BCUT2D eigenvalue weighted by Gasteiger charge is -2.44. The van der Waals surface area contributed by atoms with E-state index in [0.29, 0.717) is 17.3 Å². The number of rotatable bonds is 3. The molecule has 5 heterocycles. The van der Waals surface area contributed by atoms with Crippen LogP contribution in [0.15, 0.2) is 30.5 Å². The number of carbonyl (C=O) groups excluding carboxylic acids is 1. The third-order valence-electron chi connectivity index (χ3n) is 4.92. The molecule has 0 radical (unpaired) electrons. The van der Waals surface area contributed by atoms with Crippen molar-refractivity contribution in [3.8, 4) is 11.4 Å². The van der Waals surface area contributed by atoms with Crippen molar-refractivity contribution in [1.82, 2.24) is 20.2 Å². The van der Waals surface area contributed by atoms with Crippen LogP contribution in [0.5, 0.6) is 0 Å². The predicted molar refractivity (Wildman–Crippen MR) is 84.4 cm³/mol. The molecule has 0 aliphatic carbocycles. The molecule has 5 nitrogen and oxygen atoms in total. The number of H-pyrrole nitrogens is 1. The molecule has 1 amide bonds. The third-order valence-corrected chi connectivity index (χ3v) is 4.92. The van der Waals surface area contributed by atoms with Crippen LogP contribution in [-0.2, 0) is 0 Å². The number of aromatic nitrogens is 2. The minimum Gasteiger partial charge on any atom is -0.349 e. The Kier molecular flexibility index (Phi) is 3.61. The zero-order valence-electron chi connectivity index (χ0n) is 12.8. The fourth-order valence-electron chi connectivity index (χ4n) is 3.62. The molecule has 2 bridgehead atoms. The average Bonchev–Trinajstić information content (AvgIpc) is 3.06. The van der Waals surface area contributed by atoms with E-state index in [9.17, 15) is 9.18 Å². The summed E-state index contributed by atoms with van der Waals surface area (Å²) in [6.45, 7) is 3.21. The van der Waals surface area contributed by atoms with Gasteiger partial charge in [-0.2, -0.15) is 0 Å². The van der Waals surface area contributed by atoms with Gasteiger partial charge in [0.25, 0.3) is 5.91 Å². The van der Waals surface area contributed by atoms with E-state index in [1.807, 2.05) is 0 Å². The fraction of sp³-hybridized carbons (Fsp3) is 0.412. The maximum atomic E-state index is 13.8. The van der Waals surface area contributed by atoms with Gasteiger partial charge in [-0.3, -0.25) is 9.78 Å². The molecule has 2 aromatic rings. The topological polar surface area (TPSA) is 61.0 Å². The van der Waals surface area contributed by atoms with Crippen LogP contribution in [0, 0.1) is 11.7 Å². The number of carbonyl (C=O) groups is 1. The Bertz CT molecular complexity index is 721. The van der Waals surface area contributed by atoms with Gasteiger partial charge >= 0.3 is 0 Å². The highest BCUT2D eigenvalue weighted by Crippen LogP contribution is 2.27. The van der Waals surface area contributed by atoms with Crippen molar-refractivity contribution < 1.29 is 9.18 Å².